The van der Waals surface area contributed by atoms with E-state index in [-0.39, 0.29) is 5.75 Å². The number of hydrogen-bond acceptors (Lipinski definition) is 3. The highest BCUT2D eigenvalue weighted by molar-refractivity contribution is 6.31. The predicted octanol–water partition coefficient (Wildman–Crippen LogP) is 3.48. The molecule has 0 radical (unpaired) electrons. The largest absolute Gasteiger partial charge is 0.508 e. The van der Waals surface area contributed by atoms with Crippen LogP contribution >= 0.6 is 11.6 Å². The molecular weight excluding hydrogens is 228 g/mol. The van der Waals surface area contributed by atoms with E-state index in [4.69, 9.17) is 21.5 Å². The van der Waals surface area contributed by atoms with E-state index in [1.807, 2.05) is 33.8 Å². The van der Waals surface area contributed by atoms with Gasteiger partial charge in [-0.2, -0.15) is 0 Å². The second-order valence-corrected chi connectivity index (χ2v) is 3.13. The fourth-order valence-corrected chi connectivity index (χ4v) is 0.973. The van der Waals surface area contributed by atoms with Crippen molar-refractivity contribution >= 4 is 18.1 Å². The van der Waals surface area contributed by atoms with Crippen molar-refractivity contribution in [3.8, 4) is 5.75 Å². The SMILES string of the molecule is CC.COC=O.Cc1cc(C)c(Cl)cc1O. The van der Waals surface area contributed by atoms with Gasteiger partial charge in [-0.15, -0.1) is 0 Å². The van der Waals surface area contributed by atoms with Crippen LogP contribution in [0.25, 0.3) is 0 Å². The number of ether oxygens (including phenoxy) is 1. The molecule has 3 nitrogen and oxygen atoms in total. The first kappa shape index (κ1) is 17.2. The molecule has 0 saturated carbocycles. The standard InChI is InChI=1S/C8H9ClO.C2H4O2.C2H6/c1-5-3-6(2)8(10)4-7(5)9;1-4-2-3;1-2/h3-4,10H,1-2H3;2H,1H3;1-2H3. The Bertz CT molecular complexity index is 261. The van der Waals surface area contributed by atoms with E-state index in [1.54, 1.807) is 6.07 Å². The molecule has 0 heterocycles. The van der Waals surface area contributed by atoms with E-state index in [9.17, 15) is 0 Å². The van der Waals surface area contributed by atoms with Gasteiger partial charge in [0.2, 0.25) is 0 Å². The molecule has 1 aromatic carbocycles. The van der Waals surface area contributed by atoms with Gasteiger partial charge in [-0.25, -0.2) is 0 Å². The van der Waals surface area contributed by atoms with E-state index in [0.717, 1.165) is 11.1 Å². The zero-order valence-corrected chi connectivity index (χ0v) is 11.1. The zero-order valence-electron chi connectivity index (χ0n) is 10.4. The van der Waals surface area contributed by atoms with E-state index in [2.05, 4.69) is 4.74 Å². The molecule has 0 amide bonds. The molecule has 0 aliphatic heterocycles. The van der Waals surface area contributed by atoms with Crippen LogP contribution in [0.5, 0.6) is 5.75 Å². The molecule has 0 bridgehead atoms. The first-order valence-electron chi connectivity index (χ1n) is 4.95. The minimum atomic E-state index is 0.260. The van der Waals surface area contributed by atoms with Crippen LogP contribution in [0.15, 0.2) is 12.1 Å². The number of phenols is 1. The number of methoxy groups -OCH3 is 1. The number of halogens is 1. The summed E-state index contributed by atoms with van der Waals surface area (Å²) in [5.41, 5.74) is 1.86. The van der Waals surface area contributed by atoms with Crippen molar-refractivity contribution in [3.05, 3.63) is 28.3 Å². The smallest absolute Gasteiger partial charge is 0.292 e. The van der Waals surface area contributed by atoms with Crippen molar-refractivity contribution in [2.45, 2.75) is 27.7 Å². The van der Waals surface area contributed by atoms with Crippen LogP contribution < -0.4 is 0 Å². The average molecular weight is 247 g/mol. The normalized spacial score (nSPS) is 7.88. The van der Waals surface area contributed by atoms with Gasteiger partial charge in [0.15, 0.2) is 0 Å². The number of phenolic OH excluding ortho intramolecular Hbond substituents is 1. The number of carbonyl (C=O) groups excluding carboxylic acids is 1. The van der Waals surface area contributed by atoms with Crippen molar-refractivity contribution in [1.29, 1.82) is 0 Å². The minimum Gasteiger partial charge on any atom is -0.508 e. The molecule has 0 atom stereocenters. The molecule has 0 saturated heterocycles. The summed E-state index contributed by atoms with van der Waals surface area (Å²) >= 11 is 5.73. The Balaban J connectivity index is 0. The molecule has 0 unspecified atom stereocenters. The van der Waals surface area contributed by atoms with Gasteiger partial charge in [-0.1, -0.05) is 31.5 Å². The third kappa shape index (κ3) is 7.12. The van der Waals surface area contributed by atoms with Gasteiger partial charge < -0.3 is 9.84 Å². The molecule has 0 aliphatic rings. The van der Waals surface area contributed by atoms with E-state index in [1.165, 1.54) is 7.11 Å². The minimum absolute atomic E-state index is 0.260. The van der Waals surface area contributed by atoms with Gasteiger partial charge in [-0.05, 0) is 31.0 Å². The molecule has 0 aromatic heterocycles. The lowest BCUT2D eigenvalue weighted by molar-refractivity contribution is -0.126. The molecule has 0 spiro atoms. The summed E-state index contributed by atoms with van der Waals surface area (Å²) in [6.45, 7) is 8.13. The van der Waals surface area contributed by atoms with Gasteiger partial charge >= 0.3 is 0 Å². The van der Waals surface area contributed by atoms with Gasteiger partial charge in [0, 0.05) is 5.02 Å². The lowest BCUT2D eigenvalue weighted by Crippen LogP contribution is -1.78. The number of aryl methyl sites for hydroxylation is 2. The quantitative estimate of drug-likeness (QED) is 0.772. The summed E-state index contributed by atoms with van der Waals surface area (Å²) in [7, 11) is 1.31. The highest BCUT2D eigenvalue weighted by atomic mass is 35.5. The lowest BCUT2D eigenvalue weighted by Gasteiger charge is -2.01. The second-order valence-electron chi connectivity index (χ2n) is 2.72. The van der Waals surface area contributed by atoms with Crippen molar-refractivity contribution in [3.63, 3.8) is 0 Å². The highest BCUT2D eigenvalue weighted by Gasteiger charge is 1.99. The third-order valence-electron chi connectivity index (χ3n) is 1.57. The summed E-state index contributed by atoms with van der Waals surface area (Å²) < 4.78 is 3.86. The highest BCUT2D eigenvalue weighted by Crippen LogP contribution is 2.24. The predicted molar refractivity (Wildman–Crippen MR) is 67.0 cm³/mol. The van der Waals surface area contributed by atoms with Crippen LogP contribution in [-0.2, 0) is 9.53 Å². The van der Waals surface area contributed by atoms with Crippen LogP contribution in [0.1, 0.15) is 25.0 Å². The Morgan fingerprint density at radius 2 is 1.69 bits per heavy atom. The Morgan fingerprint density at radius 3 is 2.00 bits per heavy atom. The maximum Gasteiger partial charge on any atom is 0.292 e. The average Bonchev–Trinajstić information content (AvgIpc) is 2.30. The monoisotopic (exact) mass is 246 g/mol. The fourth-order valence-electron chi connectivity index (χ4n) is 0.815. The lowest BCUT2D eigenvalue weighted by atomic mass is 10.1. The number of rotatable bonds is 1. The van der Waals surface area contributed by atoms with Crippen molar-refractivity contribution in [2.24, 2.45) is 0 Å². The van der Waals surface area contributed by atoms with E-state index >= 15 is 0 Å². The number of carbonyl (C=O) groups is 1. The van der Waals surface area contributed by atoms with Crippen LogP contribution in [0.3, 0.4) is 0 Å². The second kappa shape index (κ2) is 10.3. The first-order chi connectivity index (χ1) is 7.52. The summed E-state index contributed by atoms with van der Waals surface area (Å²) in [5.74, 6) is 0.260. The maximum atomic E-state index is 9.14. The molecular formula is C12H19ClO3. The molecule has 0 aliphatic carbocycles. The molecule has 0 fully saturated rings. The first-order valence-corrected chi connectivity index (χ1v) is 5.32. The number of benzene rings is 1. The zero-order chi connectivity index (χ0) is 13.1. The molecule has 92 valence electrons. The molecule has 16 heavy (non-hydrogen) atoms. The Hall–Kier alpha value is -1.22. The molecule has 1 N–H and O–H groups in total. The van der Waals surface area contributed by atoms with Gasteiger partial charge in [0.05, 0.1) is 7.11 Å². The Kier molecular flexibility index (Phi) is 11.1. The van der Waals surface area contributed by atoms with Crippen LogP contribution in [0.4, 0.5) is 0 Å². The summed E-state index contributed by atoms with van der Waals surface area (Å²) in [6.07, 6.45) is 0. The van der Waals surface area contributed by atoms with Gasteiger partial charge in [0.1, 0.15) is 5.75 Å². The van der Waals surface area contributed by atoms with Crippen molar-refractivity contribution in [2.75, 3.05) is 7.11 Å². The van der Waals surface area contributed by atoms with Gasteiger partial charge in [0.25, 0.3) is 6.47 Å². The van der Waals surface area contributed by atoms with Crippen molar-refractivity contribution in [1.82, 2.24) is 0 Å². The fraction of sp³-hybridized carbons (Fsp3) is 0.417. The van der Waals surface area contributed by atoms with E-state index < -0.39 is 0 Å². The van der Waals surface area contributed by atoms with Crippen LogP contribution in [0, 0.1) is 13.8 Å². The summed E-state index contributed by atoms with van der Waals surface area (Å²) in [5, 5.41) is 9.75. The third-order valence-corrected chi connectivity index (χ3v) is 1.98. The van der Waals surface area contributed by atoms with Crippen LogP contribution in [0.2, 0.25) is 5.02 Å². The maximum absolute atomic E-state index is 9.14. The van der Waals surface area contributed by atoms with E-state index in [0.29, 0.717) is 11.5 Å². The number of aromatic hydroxyl groups is 1. The molecule has 1 aromatic rings. The number of hydrogen-bond donors (Lipinski definition) is 1. The van der Waals surface area contributed by atoms with Crippen molar-refractivity contribution < 1.29 is 14.6 Å². The van der Waals surface area contributed by atoms with Crippen LogP contribution in [-0.4, -0.2) is 18.7 Å². The Morgan fingerprint density at radius 1 is 1.25 bits per heavy atom. The van der Waals surface area contributed by atoms with Gasteiger partial charge in [-0.3, -0.25) is 4.79 Å². The molecule has 4 heteroatoms. The Labute approximate surface area is 102 Å². The summed E-state index contributed by atoms with van der Waals surface area (Å²) in [6, 6.07) is 3.42. The molecule has 1 rings (SSSR count). The summed E-state index contributed by atoms with van der Waals surface area (Å²) in [4.78, 5) is 8.95. The topological polar surface area (TPSA) is 46.5 Å².